The second-order valence-corrected chi connectivity index (χ2v) is 10.2. The highest BCUT2D eigenvalue weighted by atomic mass is 32.2. The first-order chi connectivity index (χ1) is 15.0. The average molecular weight is 463 g/mol. The van der Waals surface area contributed by atoms with E-state index in [2.05, 4.69) is 4.72 Å². The van der Waals surface area contributed by atoms with Crippen molar-refractivity contribution in [2.75, 3.05) is 32.5 Å². The highest BCUT2D eigenvalue weighted by molar-refractivity contribution is 7.98. The summed E-state index contributed by atoms with van der Waals surface area (Å²) in [6.45, 7) is 1.74. The molecule has 0 unspecified atom stereocenters. The zero-order chi connectivity index (χ0) is 21.8. The van der Waals surface area contributed by atoms with E-state index in [4.69, 9.17) is 9.47 Å². The van der Waals surface area contributed by atoms with Crippen LogP contribution in [-0.2, 0) is 10.0 Å². The summed E-state index contributed by atoms with van der Waals surface area (Å²) in [7, 11) is -3.81. The van der Waals surface area contributed by atoms with E-state index in [0.29, 0.717) is 30.2 Å². The number of amides is 1. The van der Waals surface area contributed by atoms with Crippen molar-refractivity contribution in [1.82, 2.24) is 9.62 Å². The van der Waals surface area contributed by atoms with Crippen LogP contribution in [0.3, 0.4) is 0 Å². The van der Waals surface area contributed by atoms with Gasteiger partial charge in [-0.1, -0.05) is 12.1 Å². The standard InChI is InChI=1S/C22H26N2O5S2/c1-30-21-10-9-17(13-18(21)22(25)24-11-5-2-6-12-24)31(26,27)23-14-16-15-28-19-7-3-4-8-20(19)29-16/h3-4,7-10,13,16,23H,2,5-6,11-12,14-15H2,1H3/t16-/m0/s1. The number of hydrogen-bond donors (Lipinski definition) is 1. The van der Waals surface area contributed by atoms with E-state index in [1.165, 1.54) is 23.9 Å². The number of carbonyl (C=O) groups is 1. The molecule has 2 aromatic rings. The lowest BCUT2D eigenvalue weighted by Crippen LogP contribution is -2.40. The SMILES string of the molecule is CSc1ccc(S(=O)(=O)NC[C@H]2COc3ccccc3O2)cc1C(=O)N1CCCCC1. The van der Waals surface area contributed by atoms with E-state index in [0.717, 1.165) is 24.2 Å². The zero-order valence-corrected chi connectivity index (χ0v) is 19.0. The van der Waals surface area contributed by atoms with Crippen molar-refractivity contribution >= 4 is 27.7 Å². The highest BCUT2D eigenvalue weighted by Gasteiger charge is 2.26. The van der Waals surface area contributed by atoms with Gasteiger partial charge in [0.05, 0.1) is 17.0 Å². The number of piperidine rings is 1. The molecule has 1 amide bonds. The number of thioether (sulfide) groups is 1. The highest BCUT2D eigenvalue weighted by Crippen LogP contribution is 2.31. The van der Waals surface area contributed by atoms with Crippen LogP contribution in [0.1, 0.15) is 29.6 Å². The summed E-state index contributed by atoms with van der Waals surface area (Å²) in [6, 6.07) is 12.0. The summed E-state index contributed by atoms with van der Waals surface area (Å²) >= 11 is 1.44. The van der Waals surface area contributed by atoms with Gasteiger partial charge in [0.25, 0.3) is 5.91 Å². The number of rotatable bonds is 6. The molecule has 2 aliphatic heterocycles. The molecule has 2 aliphatic rings. The average Bonchev–Trinajstić information content (AvgIpc) is 2.82. The monoisotopic (exact) mass is 462 g/mol. The number of ether oxygens (including phenoxy) is 2. The Balaban J connectivity index is 1.48. The van der Waals surface area contributed by atoms with Crippen LogP contribution in [0.5, 0.6) is 11.5 Å². The second-order valence-electron chi connectivity index (χ2n) is 7.56. The number of carbonyl (C=O) groups excluding carboxylic acids is 1. The molecule has 1 saturated heterocycles. The molecule has 4 rings (SSSR count). The topological polar surface area (TPSA) is 84.9 Å². The van der Waals surface area contributed by atoms with E-state index < -0.39 is 16.1 Å². The third-order valence-electron chi connectivity index (χ3n) is 5.42. The molecule has 166 valence electrons. The third-order valence-corrected chi connectivity index (χ3v) is 7.64. The Labute approximate surface area is 187 Å². The summed E-state index contributed by atoms with van der Waals surface area (Å²) in [4.78, 5) is 15.7. The molecule has 0 saturated carbocycles. The number of sulfonamides is 1. The van der Waals surface area contributed by atoms with Gasteiger partial charge in [0, 0.05) is 18.0 Å². The van der Waals surface area contributed by atoms with Crippen LogP contribution in [0.2, 0.25) is 0 Å². The van der Waals surface area contributed by atoms with Gasteiger partial charge in [0.2, 0.25) is 10.0 Å². The maximum atomic E-state index is 13.0. The van der Waals surface area contributed by atoms with Gasteiger partial charge in [-0.3, -0.25) is 4.79 Å². The van der Waals surface area contributed by atoms with E-state index >= 15 is 0 Å². The maximum absolute atomic E-state index is 13.0. The van der Waals surface area contributed by atoms with Crippen molar-refractivity contribution < 1.29 is 22.7 Å². The quantitative estimate of drug-likeness (QED) is 0.664. The van der Waals surface area contributed by atoms with Crippen LogP contribution < -0.4 is 14.2 Å². The van der Waals surface area contributed by atoms with Crippen LogP contribution in [0.15, 0.2) is 52.3 Å². The molecular formula is C22H26N2O5S2. The molecule has 0 aliphatic carbocycles. The Kier molecular flexibility index (Phi) is 6.74. The number of nitrogens with zero attached hydrogens (tertiary/aromatic N) is 1. The Morgan fingerprint density at radius 2 is 1.87 bits per heavy atom. The number of benzene rings is 2. The number of likely N-dealkylation sites (tertiary alicyclic amines) is 1. The van der Waals surface area contributed by atoms with Crippen LogP contribution in [0.4, 0.5) is 0 Å². The summed E-state index contributed by atoms with van der Waals surface area (Å²) in [6.07, 6.45) is 4.52. The maximum Gasteiger partial charge on any atom is 0.255 e. The van der Waals surface area contributed by atoms with Crippen LogP contribution in [0.25, 0.3) is 0 Å². The van der Waals surface area contributed by atoms with Crippen molar-refractivity contribution in [3.8, 4) is 11.5 Å². The fourth-order valence-electron chi connectivity index (χ4n) is 3.74. The molecule has 9 heteroatoms. The summed E-state index contributed by atoms with van der Waals surface area (Å²) in [5.74, 6) is 1.13. The number of nitrogens with one attached hydrogen (secondary N) is 1. The van der Waals surface area contributed by atoms with Crippen molar-refractivity contribution in [3.63, 3.8) is 0 Å². The lowest BCUT2D eigenvalue weighted by atomic mass is 10.1. The van der Waals surface area contributed by atoms with E-state index in [9.17, 15) is 13.2 Å². The van der Waals surface area contributed by atoms with Crippen molar-refractivity contribution in [3.05, 3.63) is 48.0 Å². The Morgan fingerprint density at radius 3 is 2.61 bits per heavy atom. The second kappa shape index (κ2) is 9.50. The minimum absolute atomic E-state index is 0.0658. The minimum Gasteiger partial charge on any atom is -0.486 e. The van der Waals surface area contributed by atoms with Gasteiger partial charge in [0.1, 0.15) is 12.7 Å². The molecule has 0 spiro atoms. The fourth-order valence-corrected chi connectivity index (χ4v) is 5.40. The van der Waals surface area contributed by atoms with Gasteiger partial charge in [-0.05, 0) is 55.9 Å². The predicted octanol–water partition coefficient (Wildman–Crippen LogP) is 3.15. The van der Waals surface area contributed by atoms with Crippen molar-refractivity contribution in [2.45, 2.75) is 35.2 Å². The molecule has 0 aromatic heterocycles. The Morgan fingerprint density at radius 1 is 1.13 bits per heavy atom. The Hall–Kier alpha value is -2.23. The molecule has 0 bridgehead atoms. The lowest BCUT2D eigenvalue weighted by Gasteiger charge is -2.27. The van der Waals surface area contributed by atoms with Crippen LogP contribution in [-0.4, -0.2) is 57.8 Å². The summed E-state index contributed by atoms with van der Waals surface area (Å²) in [5, 5.41) is 0. The lowest BCUT2D eigenvalue weighted by molar-refractivity contribution is 0.0720. The molecule has 2 heterocycles. The fraction of sp³-hybridized carbons (Fsp3) is 0.409. The van der Waals surface area contributed by atoms with Crippen molar-refractivity contribution in [1.29, 1.82) is 0 Å². The minimum atomic E-state index is -3.81. The number of hydrogen-bond acceptors (Lipinski definition) is 6. The van der Waals surface area contributed by atoms with Gasteiger partial charge in [-0.15, -0.1) is 11.8 Å². The first kappa shape index (κ1) is 22.0. The Bertz CT molecular complexity index is 1050. The van der Waals surface area contributed by atoms with E-state index in [1.807, 2.05) is 29.4 Å². The number of fused-ring (bicyclic) bond motifs is 1. The first-order valence-electron chi connectivity index (χ1n) is 10.3. The van der Waals surface area contributed by atoms with Crippen molar-refractivity contribution in [2.24, 2.45) is 0 Å². The molecular weight excluding hydrogens is 436 g/mol. The molecule has 0 radical (unpaired) electrons. The third kappa shape index (κ3) is 4.99. The van der Waals surface area contributed by atoms with Gasteiger partial charge < -0.3 is 14.4 Å². The van der Waals surface area contributed by atoms with Gasteiger partial charge in [0.15, 0.2) is 11.5 Å². The normalized spacial score (nSPS) is 18.6. The van der Waals surface area contributed by atoms with Crippen LogP contribution in [0, 0.1) is 0 Å². The molecule has 1 fully saturated rings. The summed E-state index contributed by atoms with van der Waals surface area (Å²) in [5.41, 5.74) is 0.434. The molecule has 31 heavy (non-hydrogen) atoms. The van der Waals surface area contributed by atoms with E-state index in [-0.39, 0.29) is 24.0 Å². The van der Waals surface area contributed by atoms with Gasteiger partial charge in [-0.25, -0.2) is 13.1 Å². The molecule has 2 aromatic carbocycles. The molecule has 7 nitrogen and oxygen atoms in total. The van der Waals surface area contributed by atoms with Crippen LogP contribution >= 0.6 is 11.8 Å². The van der Waals surface area contributed by atoms with Gasteiger partial charge in [-0.2, -0.15) is 0 Å². The first-order valence-corrected chi connectivity index (χ1v) is 13.0. The smallest absolute Gasteiger partial charge is 0.255 e. The van der Waals surface area contributed by atoms with E-state index in [1.54, 1.807) is 12.1 Å². The zero-order valence-electron chi connectivity index (χ0n) is 17.4. The largest absolute Gasteiger partial charge is 0.486 e. The van der Waals surface area contributed by atoms with Gasteiger partial charge >= 0.3 is 0 Å². The number of para-hydroxylation sites is 2. The molecule has 1 N–H and O–H groups in total. The summed E-state index contributed by atoms with van der Waals surface area (Å²) < 4.78 is 39.9. The molecule has 1 atom stereocenters. The predicted molar refractivity (Wildman–Crippen MR) is 120 cm³/mol.